The molecule has 1 aromatic rings. The molecule has 0 spiro atoms. The zero-order valence-corrected chi connectivity index (χ0v) is 10.9. The van der Waals surface area contributed by atoms with Gasteiger partial charge in [-0.2, -0.15) is 5.26 Å². The number of nitrogens with zero attached hydrogens (tertiary/aromatic N) is 2. The topological polar surface area (TPSA) is 61.2 Å². The first kappa shape index (κ1) is 13.5. The van der Waals surface area contributed by atoms with Crippen molar-refractivity contribution in [3.8, 4) is 6.07 Å². The van der Waals surface area contributed by atoms with Gasteiger partial charge in [0.2, 0.25) is 0 Å². The van der Waals surface area contributed by atoms with Crippen molar-refractivity contribution >= 4 is 15.5 Å². The fraction of sp³-hybridized carbons (Fsp3) is 0.417. The molecule has 1 rings (SSSR count). The first-order chi connectivity index (χ1) is 8.00. The summed E-state index contributed by atoms with van der Waals surface area (Å²) >= 11 is 0. The van der Waals surface area contributed by atoms with Gasteiger partial charge in [0.25, 0.3) is 0 Å². The highest BCUT2D eigenvalue weighted by Gasteiger charge is 2.11. The molecule has 1 aromatic carbocycles. The number of sulfone groups is 1. The molecule has 0 bridgehead atoms. The Morgan fingerprint density at radius 1 is 1.35 bits per heavy atom. The van der Waals surface area contributed by atoms with Gasteiger partial charge >= 0.3 is 0 Å². The van der Waals surface area contributed by atoms with E-state index < -0.39 is 9.84 Å². The molecule has 0 saturated heterocycles. The average Bonchev–Trinajstić information content (AvgIpc) is 2.36. The highest BCUT2D eigenvalue weighted by atomic mass is 32.2. The van der Waals surface area contributed by atoms with Crippen molar-refractivity contribution in [3.05, 3.63) is 29.8 Å². The third-order valence-corrected chi connectivity index (χ3v) is 4.30. The molecule has 0 aliphatic carbocycles. The molecule has 0 fully saturated rings. The van der Waals surface area contributed by atoms with Gasteiger partial charge in [-0.15, -0.1) is 0 Å². The molecule has 0 saturated carbocycles. The van der Waals surface area contributed by atoms with E-state index in [0.29, 0.717) is 12.1 Å². The van der Waals surface area contributed by atoms with Crippen LogP contribution >= 0.6 is 0 Å². The first-order valence-electron chi connectivity index (χ1n) is 5.41. The van der Waals surface area contributed by atoms with Crippen LogP contribution in [0.15, 0.2) is 24.3 Å². The van der Waals surface area contributed by atoms with Crippen LogP contribution < -0.4 is 4.90 Å². The monoisotopic (exact) mass is 252 g/mol. The standard InChI is InChI=1S/C12H16N2O2S/c1-3-17(15,16)9-8-14(2)12-7-5-4-6-11(12)10-13/h4-7H,3,8-9H2,1-2H3. The van der Waals surface area contributed by atoms with Crippen molar-refractivity contribution in [1.29, 1.82) is 5.26 Å². The van der Waals surface area contributed by atoms with E-state index in [9.17, 15) is 8.42 Å². The third kappa shape index (κ3) is 3.75. The molecule has 17 heavy (non-hydrogen) atoms. The average molecular weight is 252 g/mol. The first-order valence-corrected chi connectivity index (χ1v) is 7.23. The van der Waals surface area contributed by atoms with E-state index in [2.05, 4.69) is 6.07 Å². The van der Waals surface area contributed by atoms with Crippen LogP contribution in [0.2, 0.25) is 0 Å². The maximum absolute atomic E-state index is 11.4. The fourth-order valence-corrected chi connectivity index (χ4v) is 2.28. The van der Waals surface area contributed by atoms with Gasteiger partial charge in [-0.05, 0) is 12.1 Å². The second-order valence-corrected chi connectivity index (χ2v) is 6.26. The second kappa shape index (κ2) is 5.69. The van der Waals surface area contributed by atoms with Gasteiger partial charge in [-0.1, -0.05) is 19.1 Å². The predicted molar refractivity (Wildman–Crippen MR) is 68.8 cm³/mol. The SMILES string of the molecule is CCS(=O)(=O)CCN(C)c1ccccc1C#N. The van der Waals surface area contributed by atoms with Gasteiger partial charge in [0.05, 0.1) is 17.0 Å². The van der Waals surface area contributed by atoms with Crippen molar-refractivity contribution in [3.63, 3.8) is 0 Å². The maximum atomic E-state index is 11.4. The van der Waals surface area contributed by atoms with E-state index in [4.69, 9.17) is 5.26 Å². The van der Waals surface area contributed by atoms with Gasteiger partial charge < -0.3 is 4.90 Å². The van der Waals surface area contributed by atoms with Crippen LogP contribution in [0, 0.1) is 11.3 Å². The molecule has 5 heteroatoms. The summed E-state index contributed by atoms with van der Waals surface area (Å²) in [5.74, 6) is 0.264. The van der Waals surface area contributed by atoms with E-state index in [-0.39, 0.29) is 11.5 Å². The van der Waals surface area contributed by atoms with Crippen LogP contribution in [-0.2, 0) is 9.84 Å². The molecule has 0 aromatic heterocycles. The fourth-order valence-electron chi connectivity index (χ4n) is 1.44. The normalized spacial score (nSPS) is 10.9. The van der Waals surface area contributed by atoms with Crippen molar-refractivity contribution in [2.24, 2.45) is 0 Å². The Hall–Kier alpha value is -1.54. The minimum Gasteiger partial charge on any atom is -0.373 e. The summed E-state index contributed by atoms with van der Waals surface area (Å²) < 4.78 is 22.8. The number of nitriles is 1. The largest absolute Gasteiger partial charge is 0.373 e. The van der Waals surface area contributed by atoms with E-state index in [1.807, 2.05) is 12.1 Å². The number of para-hydroxylation sites is 1. The van der Waals surface area contributed by atoms with Crippen LogP contribution in [0.1, 0.15) is 12.5 Å². The quantitative estimate of drug-likeness (QED) is 0.795. The predicted octanol–water partition coefficient (Wildman–Crippen LogP) is 1.43. The van der Waals surface area contributed by atoms with E-state index >= 15 is 0 Å². The van der Waals surface area contributed by atoms with Crippen molar-refractivity contribution in [1.82, 2.24) is 0 Å². The van der Waals surface area contributed by atoms with Crippen LogP contribution in [-0.4, -0.2) is 33.5 Å². The smallest absolute Gasteiger partial charge is 0.151 e. The number of benzene rings is 1. The molecule has 0 amide bonds. The summed E-state index contributed by atoms with van der Waals surface area (Å²) in [6.07, 6.45) is 0. The van der Waals surface area contributed by atoms with Gasteiger partial charge in [-0.3, -0.25) is 0 Å². The summed E-state index contributed by atoms with van der Waals surface area (Å²) in [5.41, 5.74) is 1.32. The lowest BCUT2D eigenvalue weighted by atomic mass is 10.2. The summed E-state index contributed by atoms with van der Waals surface area (Å²) in [7, 11) is -1.17. The number of anilines is 1. The van der Waals surface area contributed by atoms with Crippen molar-refractivity contribution in [2.45, 2.75) is 6.92 Å². The van der Waals surface area contributed by atoms with Gasteiger partial charge in [0.15, 0.2) is 9.84 Å². The van der Waals surface area contributed by atoms with Crippen LogP contribution in [0.5, 0.6) is 0 Å². The number of hydrogen-bond donors (Lipinski definition) is 0. The molecular weight excluding hydrogens is 236 g/mol. The minimum atomic E-state index is -2.97. The third-order valence-electron chi connectivity index (χ3n) is 2.61. The molecular formula is C12H16N2O2S. The Morgan fingerprint density at radius 2 is 2.00 bits per heavy atom. The van der Waals surface area contributed by atoms with Gasteiger partial charge in [-0.25, -0.2) is 8.42 Å². The molecule has 92 valence electrons. The van der Waals surface area contributed by atoms with Crippen LogP contribution in [0.4, 0.5) is 5.69 Å². The number of rotatable bonds is 5. The van der Waals surface area contributed by atoms with Gasteiger partial charge in [0.1, 0.15) is 6.07 Å². The van der Waals surface area contributed by atoms with E-state index in [1.54, 1.807) is 31.0 Å². The Balaban J connectivity index is 2.78. The van der Waals surface area contributed by atoms with Crippen molar-refractivity contribution in [2.75, 3.05) is 30.0 Å². The van der Waals surface area contributed by atoms with Crippen molar-refractivity contribution < 1.29 is 8.42 Å². The lowest BCUT2D eigenvalue weighted by Gasteiger charge is -2.20. The molecule has 0 aliphatic rings. The Bertz CT molecular complexity index is 518. The molecule has 0 heterocycles. The molecule has 0 atom stereocenters. The summed E-state index contributed by atoms with van der Waals surface area (Å²) in [6, 6.07) is 9.26. The maximum Gasteiger partial charge on any atom is 0.151 e. The number of hydrogen-bond acceptors (Lipinski definition) is 4. The summed E-state index contributed by atoms with van der Waals surface area (Å²) in [5, 5.41) is 8.95. The minimum absolute atomic E-state index is 0.111. The highest BCUT2D eigenvalue weighted by Crippen LogP contribution is 2.17. The zero-order chi connectivity index (χ0) is 12.9. The summed E-state index contributed by atoms with van der Waals surface area (Å²) in [4.78, 5) is 1.80. The molecule has 0 radical (unpaired) electrons. The molecule has 4 nitrogen and oxygen atoms in total. The molecule has 0 unspecified atom stereocenters. The highest BCUT2D eigenvalue weighted by molar-refractivity contribution is 7.91. The lowest BCUT2D eigenvalue weighted by Crippen LogP contribution is -2.26. The summed E-state index contributed by atoms with van der Waals surface area (Å²) in [6.45, 7) is 2.04. The Morgan fingerprint density at radius 3 is 2.59 bits per heavy atom. The van der Waals surface area contributed by atoms with E-state index in [0.717, 1.165) is 5.69 Å². The zero-order valence-electron chi connectivity index (χ0n) is 10.0. The Kier molecular flexibility index (Phi) is 4.53. The second-order valence-electron chi connectivity index (χ2n) is 3.79. The molecule has 0 N–H and O–H groups in total. The van der Waals surface area contributed by atoms with Gasteiger partial charge in [0, 0.05) is 19.3 Å². The van der Waals surface area contributed by atoms with Crippen LogP contribution in [0.3, 0.4) is 0 Å². The lowest BCUT2D eigenvalue weighted by molar-refractivity contribution is 0.596. The van der Waals surface area contributed by atoms with E-state index in [1.165, 1.54) is 0 Å². The Labute approximate surface area is 102 Å². The van der Waals surface area contributed by atoms with Crippen LogP contribution in [0.25, 0.3) is 0 Å². The molecule has 0 aliphatic heterocycles.